The first-order chi connectivity index (χ1) is 14.4. The zero-order valence-electron chi connectivity index (χ0n) is 17.2. The lowest BCUT2D eigenvalue weighted by molar-refractivity contribution is 0.0735. The molecule has 0 aliphatic carbocycles. The molecule has 0 atom stereocenters. The number of esters is 1. The zero-order valence-corrected chi connectivity index (χ0v) is 17.2. The minimum atomic E-state index is -0.459. The lowest BCUT2D eigenvalue weighted by atomic mass is 9.87. The number of aromatic nitrogens is 3. The molecule has 2 heterocycles. The topological polar surface area (TPSA) is 57.0 Å². The van der Waals surface area contributed by atoms with Crippen LogP contribution in [0.5, 0.6) is 5.75 Å². The number of pyridine rings is 1. The van der Waals surface area contributed by atoms with Gasteiger partial charge in [-0.1, -0.05) is 51.1 Å². The van der Waals surface area contributed by atoms with Crippen molar-refractivity contribution in [3.05, 3.63) is 96.4 Å². The standard InChI is InChI=1S/C25H23N3O2/c1-25(2,3)19-11-13-21(14-12-19)30-24(29)22-17-28(20-9-5-4-6-10-20)27-23(22)18-8-7-15-26-16-18/h4-17H,1-3H3. The summed E-state index contributed by atoms with van der Waals surface area (Å²) in [6, 6.07) is 21.0. The Labute approximate surface area is 176 Å². The van der Waals surface area contributed by atoms with Crippen LogP contribution < -0.4 is 4.74 Å². The van der Waals surface area contributed by atoms with Gasteiger partial charge in [0.2, 0.25) is 0 Å². The Balaban J connectivity index is 1.68. The van der Waals surface area contributed by atoms with Gasteiger partial charge in [0.05, 0.1) is 5.69 Å². The van der Waals surface area contributed by atoms with Gasteiger partial charge in [-0.15, -0.1) is 0 Å². The summed E-state index contributed by atoms with van der Waals surface area (Å²) in [5, 5.41) is 4.64. The van der Waals surface area contributed by atoms with Crippen LogP contribution in [-0.4, -0.2) is 20.7 Å². The molecule has 2 aromatic heterocycles. The maximum Gasteiger partial charge on any atom is 0.347 e. The average Bonchev–Trinajstić information content (AvgIpc) is 3.20. The molecule has 0 unspecified atom stereocenters. The van der Waals surface area contributed by atoms with Gasteiger partial charge in [-0.2, -0.15) is 5.10 Å². The summed E-state index contributed by atoms with van der Waals surface area (Å²) >= 11 is 0. The molecule has 0 saturated carbocycles. The van der Waals surface area contributed by atoms with Crippen molar-refractivity contribution >= 4 is 5.97 Å². The molecule has 5 heteroatoms. The first-order valence-corrected chi connectivity index (χ1v) is 9.80. The number of carbonyl (C=O) groups excluding carboxylic acids is 1. The van der Waals surface area contributed by atoms with E-state index in [4.69, 9.17) is 4.74 Å². The second-order valence-electron chi connectivity index (χ2n) is 8.08. The molecule has 150 valence electrons. The Hall–Kier alpha value is -3.73. The van der Waals surface area contributed by atoms with Gasteiger partial charge >= 0.3 is 5.97 Å². The molecule has 0 spiro atoms. The summed E-state index contributed by atoms with van der Waals surface area (Å²) in [5.74, 6) is 0.0390. The van der Waals surface area contributed by atoms with Gasteiger partial charge in [-0.25, -0.2) is 9.48 Å². The van der Waals surface area contributed by atoms with Crippen LogP contribution in [0.4, 0.5) is 0 Å². The van der Waals surface area contributed by atoms with E-state index in [9.17, 15) is 4.79 Å². The first-order valence-electron chi connectivity index (χ1n) is 9.80. The first kappa shape index (κ1) is 19.6. The van der Waals surface area contributed by atoms with Crippen molar-refractivity contribution < 1.29 is 9.53 Å². The Bertz CT molecular complexity index is 1140. The highest BCUT2D eigenvalue weighted by Gasteiger charge is 2.21. The van der Waals surface area contributed by atoms with Crippen molar-refractivity contribution in [2.45, 2.75) is 26.2 Å². The zero-order chi connectivity index (χ0) is 21.1. The van der Waals surface area contributed by atoms with Crippen molar-refractivity contribution in [3.63, 3.8) is 0 Å². The van der Waals surface area contributed by atoms with Crippen LogP contribution in [0.1, 0.15) is 36.7 Å². The summed E-state index contributed by atoms with van der Waals surface area (Å²) in [6.07, 6.45) is 5.07. The SMILES string of the molecule is CC(C)(C)c1ccc(OC(=O)c2cn(-c3ccccc3)nc2-c2cccnc2)cc1. The van der Waals surface area contributed by atoms with Crippen LogP contribution in [0, 0.1) is 0 Å². The number of nitrogens with zero attached hydrogens (tertiary/aromatic N) is 3. The Morgan fingerprint density at radius 2 is 1.67 bits per heavy atom. The number of para-hydroxylation sites is 1. The number of ether oxygens (including phenoxy) is 1. The molecule has 0 amide bonds. The number of carbonyl (C=O) groups is 1. The molecule has 0 N–H and O–H groups in total. The van der Waals surface area contributed by atoms with Crippen molar-refractivity contribution in [2.75, 3.05) is 0 Å². The van der Waals surface area contributed by atoms with Gasteiger partial charge in [-0.05, 0) is 47.4 Å². The average molecular weight is 397 g/mol. The number of rotatable bonds is 4. The van der Waals surface area contributed by atoms with Gasteiger partial charge in [0, 0.05) is 24.2 Å². The minimum absolute atomic E-state index is 0.0346. The number of hydrogen-bond acceptors (Lipinski definition) is 4. The third kappa shape index (κ3) is 4.15. The van der Waals surface area contributed by atoms with E-state index < -0.39 is 5.97 Å². The molecule has 4 rings (SSSR count). The van der Waals surface area contributed by atoms with E-state index in [1.165, 1.54) is 5.56 Å². The van der Waals surface area contributed by atoms with E-state index in [1.54, 1.807) is 23.3 Å². The smallest absolute Gasteiger partial charge is 0.347 e. The molecule has 0 aliphatic rings. The fraction of sp³-hybridized carbons (Fsp3) is 0.160. The highest BCUT2D eigenvalue weighted by atomic mass is 16.5. The predicted octanol–water partition coefficient (Wildman–Crippen LogP) is 5.45. The fourth-order valence-corrected chi connectivity index (χ4v) is 3.14. The van der Waals surface area contributed by atoms with Crippen LogP contribution in [0.2, 0.25) is 0 Å². The van der Waals surface area contributed by atoms with Gasteiger partial charge in [-0.3, -0.25) is 4.98 Å². The number of benzene rings is 2. The van der Waals surface area contributed by atoms with Crippen molar-refractivity contribution in [1.29, 1.82) is 0 Å². The molecule has 0 radical (unpaired) electrons. The summed E-state index contributed by atoms with van der Waals surface area (Å²) in [4.78, 5) is 17.2. The van der Waals surface area contributed by atoms with Gasteiger partial charge in [0.15, 0.2) is 0 Å². The van der Waals surface area contributed by atoms with Crippen LogP contribution in [0.3, 0.4) is 0 Å². The third-order valence-electron chi connectivity index (χ3n) is 4.82. The quantitative estimate of drug-likeness (QED) is 0.339. The highest BCUT2D eigenvalue weighted by molar-refractivity contribution is 5.97. The lowest BCUT2D eigenvalue weighted by Gasteiger charge is -2.18. The van der Waals surface area contributed by atoms with E-state index in [0.29, 0.717) is 17.0 Å². The summed E-state index contributed by atoms with van der Waals surface area (Å²) in [6.45, 7) is 6.44. The molecule has 30 heavy (non-hydrogen) atoms. The monoisotopic (exact) mass is 397 g/mol. The summed E-state index contributed by atoms with van der Waals surface area (Å²) in [7, 11) is 0. The normalized spacial score (nSPS) is 11.3. The number of hydrogen-bond donors (Lipinski definition) is 0. The summed E-state index contributed by atoms with van der Waals surface area (Å²) in [5.41, 5.74) is 3.73. The van der Waals surface area contributed by atoms with Gasteiger partial charge in [0.25, 0.3) is 0 Å². The maximum absolute atomic E-state index is 13.0. The van der Waals surface area contributed by atoms with E-state index in [1.807, 2.05) is 66.7 Å². The van der Waals surface area contributed by atoms with Crippen LogP contribution in [0.15, 0.2) is 85.3 Å². The lowest BCUT2D eigenvalue weighted by Crippen LogP contribution is -2.12. The molecule has 2 aromatic carbocycles. The van der Waals surface area contributed by atoms with Crippen LogP contribution >= 0.6 is 0 Å². The third-order valence-corrected chi connectivity index (χ3v) is 4.82. The maximum atomic E-state index is 13.0. The highest BCUT2D eigenvalue weighted by Crippen LogP contribution is 2.27. The van der Waals surface area contributed by atoms with E-state index in [2.05, 4.69) is 30.9 Å². The molecular formula is C25H23N3O2. The second kappa shape index (κ2) is 7.95. The van der Waals surface area contributed by atoms with Crippen LogP contribution in [0.25, 0.3) is 16.9 Å². The molecule has 0 aliphatic heterocycles. The predicted molar refractivity (Wildman–Crippen MR) is 117 cm³/mol. The van der Waals surface area contributed by atoms with E-state index >= 15 is 0 Å². The largest absolute Gasteiger partial charge is 0.423 e. The molecule has 0 fully saturated rings. The molecule has 4 aromatic rings. The van der Waals surface area contributed by atoms with Crippen LogP contribution in [-0.2, 0) is 5.41 Å². The van der Waals surface area contributed by atoms with E-state index in [-0.39, 0.29) is 5.41 Å². The van der Waals surface area contributed by atoms with Crippen molar-refractivity contribution in [2.24, 2.45) is 0 Å². The second-order valence-corrected chi connectivity index (χ2v) is 8.08. The molecule has 5 nitrogen and oxygen atoms in total. The fourth-order valence-electron chi connectivity index (χ4n) is 3.14. The van der Waals surface area contributed by atoms with E-state index in [0.717, 1.165) is 11.3 Å². The molecular weight excluding hydrogens is 374 g/mol. The Kier molecular flexibility index (Phi) is 5.19. The molecule has 0 saturated heterocycles. The Morgan fingerprint density at radius 1 is 0.933 bits per heavy atom. The van der Waals surface area contributed by atoms with Gasteiger partial charge < -0.3 is 4.74 Å². The minimum Gasteiger partial charge on any atom is -0.423 e. The Morgan fingerprint density at radius 3 is 2.30 bits per heavy atom. The summed E-state index contributed by atoms with van der Waals surface area (Å²) < 4.78 is 7.35. The van der Waals surface area contributed by atoms with Gasteiger partial charge in [0.1, 0.15) is 17.0 Å². The van der Waals surface area contributed by atoms with Crippen molar-refractivity contribution in [3.8, 4) is 22.7 Å². The van der Waals surface area contributed by atoms with Crippen molar-refractivity contribution in [1.82, 2.24) is 14.8 Å². The molecule has 0 bridgehead atoms.